The molecule has 6 nitrogen and oxygen atoms in total. The third-order valence-electron chi connectivity index (χ3n) is 4.33. The van der Waals surface area contributed by atoms with Crippen molar-refractivity contribution >= 4 is 11.8 Å². The second-order valence-electron chi connectivity index (χ2n) is 6.32. The number of carbonyl (C=O) groups excluding carboxylic acids is 2. The molecule has 1 aliphatic rings. The fraction of sp³-hybridized carbons (Fsp3) is 0.300. The fourth-order valence-corrected chi connectivity index (χ4v) is 2.86. The summed E-state index contributed by atoms with van der Waals surface area (Å²) in [5.74, 6) is 0.460. The Labute approximate surface area is 152 Å². The minimum atomic E-state index is -0.580. The van der Waals surface area contributed by atoms with Gasteiger partial charge in [-0.05, 0) is 42.5 Å². The van der Waals surface area contributed by atoms with E-state index in [1.54, 1.807) is 18.2 Å². The van der Waals surface area contributed by atoms with Gasteiger partial charge in [-0.3, -0.25) is 9.59 Å². The second kappa shape index (κ2) is 7.91. The van der Waals surface area contributed by atoms with Crippen molar-refractivity contribution in [2.45, 2.75) is 18.9 Å². The highest BCUT2D eigenvalue weighted by Crippen LogP contribution is 2.41. The van der Waals surface area contributed by atoms with E-state index in [2.05, 4.69) is 5.32 Å². The molecule has 26 heavy (non-hydrogen) atoms. The zero-order chi connectivity index (χ0) is 18.5. The van der Waals surface area contributed by atoms with Crippen molar-refractivity contribution in [3.8, 4) is 11.5 Å². The lowest BCUT2D eigenvalue weighted by molar-refractivity contribution is -0.119. The molecule has 0 spiro atoms. The summed E-state index contributed by atoms with van der Waals surface area (Å²) in [5, 5.41) is 3.12. The third kappa shape index (κ3) is 4.33. The minimum Gasteiger partial charge on any atom is -0.493 e. The molecule has 0 aromatic heterocycles. The highest BCUT2D eigenvalue weighted by atomic mass is 16.5. The molecule has 0 bridgehead atoms. The monoisotopic (exact) mass is 354 g/mol. The molecule has 6 heteroatoms. The van der Waals surface area contributed by atoms with Crippen LogP contribution in [0.15, 0.2) is 48.5 Å². The van der Waals surface area contributed by atoms with Crippen molar-refractivity contribution in [1.29, 1.82) is 0 Å². The van der Waals surface area contributed by atoms with E-state index in [9.17, 15) is 9.59 Å². The smallest absolute Gasteiger partial charge is 0.255 e. The van der Waals surface area contributed by atoms with E-state index >= 15 is 0 Å². The molecule has 3 rings (SSSR count). The first-order valence-corrected chi connectivity index (χ1v) is 8.53. The van der Waals surface area contributed by atoms with Crippen LogP contribution < -0.4 is 20.5 Å². The highest BCUT2D eigenvalue weighted by molar-refractivity contribution is 5.95. The molecule has 2 aromatic rings. The Morgan fingerprint density at radius 2 is 1.88 bits per heavy atom. The maximum Gasteiger partial charge on any atom is 0.255 e. The zero-order valence-electron chi connectivity index (χ0n) is 14.6. The molecule has 0 saturated heterocycles. The molecule has 2 amide bonds. The van der Waals surface area contributed by atoms with Gasteiger partial charge in [-0.15, -0.1) is 0 Å². The van der Waals surface area contributed by atoms with Crippen LogP contribution in [0.5, 0.6) is 11.5 Å². The first-order chi connectivity index (χ1) is 12.6. The Bertz CT molecular complexity index is 788. The van der Waals surface area contributed by atoms with Gasteiger partial charge in [0.15, 0.2) is 18.1 Å². The molecule has 1 atom stereocenters. The molecule has 0 heterocycles. The van der Waals surface area contributed by atoms with Gasteiger partial charge in [-0.25, -0.2) is 0 Å². The van der Waals surface area contributed by atoms with Crippen LogP contribution in [0.25, 0.3) is 0 Å². The summed E-state index contributed by atoms with van der Waals surface area (Å²) in [6.07, 6.45) is 2.23. The van der Waals surface area contributed by atoms with E-state index in [1.165, 1.54) is 7.11 Å². The van der Waals surface area contributed by atoms with Crippen molar-refractivity contribution < 1.29 is 19.1 Å². The van der Waals surface area contributed by atoms with Crippen molar-refractivity contribution in [2.75, 3.05) is 13.7 Å². The van der Waals surface area contributed by atoms with E-state index < -0.39 is 5.91 Å². The van der Waals surface area contributed by atoms with Gasteiger partial charge in [0.1, 0.15) is 0 Å². The minimum absolute atomic E-state index is 0.000447. The predicted octanol–water partition coefficient (Wildman–Crippen LogP) is 2.44. The summed E-state index contributed by atoms with van der Waals surface area (Å²) in [6, 6.07) is 14.8. The van der Waals surface area contributed by atoms with Crippen LogP contribution in [0.1, 0.15) is 34.8 Å². The molecule has 1 unspecified atom stereocenters. The van der Waals surface area contributed by atoms with E-state index in [4.69, 9.17) is 15.2 Å². The van der Waals surface area contributed by atoms with Gasteiger partial charge < -0.3 is 20.5 Å². The molecule has 136 valence electrons. The zero-order valence-corrected chi connectivity index (χ0v) is 14.6. The number of hydrogen-bond acceptors (Lipinski definition) is 4. The van der Waals surface area contributed by atoms with Crippen molar-refractivity contribution in [3.63, 3.8) is 0 Å². The van der Waals surface area contributed by atoms with Gasteiger partial charge in [0, 0.05) is 5.56 Å². The van der Waals surface area contributed by atoms with Crippen LogP contribution in [0.3, 0.4) is 0 Å². The Morgan fingerprint density at radius 3 is 2.50 bits per heavy atom. The van der Waals surface area contributed by atoms with E-state index in [1.807, 2.05) is 30.3 Å². The third-order valence-corrected chi connectivity index (χ3v) is 4.33. The Kier molecular flexibility index (Phi) is 5.41. The van der Waals surface area contributed by atoms with Gasteiger partial charge in [-0.1, -0.05) is 30.3 Å². The number of nitrogens with one attached hydrogen (secondary N) is 1. The van der Waals surface area contributed by atoms with Gasteiger partial charge in [0.2, 0.25) is 0 Å². The van der Waals surface area contributed by atoms with Crippen LogP contribution in [0.2, 0.25) is 0 Å². The number of rotatable bonds is 8. The number of carbonyl (C=O) groups is 2. The van der Waals surface area contributed by atoms with Crippen molar-refractivity contribution in [2.24, 2.45) is 11.7 Å². The van der Waals surface area contributed by atoms with Gasteiger partial charge in [-0.2, -0.15) is 0 Å². The predicted molar refractivity (Wildman–Crippen MR) is 97.1 cm³/mol. The van der Waals surface area contributed by atoms with Crippen LogP contribution in [0.4, 0.5) is 0 Å². The first-order valence-electron chi connectivity index (χ1n) is 8.53. The lowest BCUT2D eigenvalue weighted by atomic mass is 10.0. The first kappa shape index (κ1) is 17.8. The maximum absolute atomic E-state index is 12.7. The standard InChI is InChI=1S/C20H22N2O4/c1-25-17-11-15(9-10-16(17)26-12-18(21)23)20(24)22-19(14-7-8-14)13-5-3-2-4-6-13/h2-6,9-11,14,19H,7-8,12H2,1H3,(H2,21,23)(H,22,24). The number of ether oxygens (including phenoxy) is 2. The highest BCUT2D eigenvalue weighted by Gasteiger charge is 2.33. The quantitative estimate of drug-likeness (QED) is 0.762. The molecule has 0 radical (unpaired) electrons. The van der Waals surface area contributed by atoms with Gasteiger partial charge in [0.25, 0.3) is 11.8 Å². The largest absolute Gasteiger partial charge is 0.493 e. The van der Waals surface area contributed by atoms with Crippen LogP contribution in [-0.2, 0) is 4.79 Å². The van der Waals surface area contributed by atoms with Crippen LogP contribution in [0, 0.1) is 5.92 Å². The maximum atomic E-state index is 12.7. The topological polar surface area (TPSA) is 90.7 Å². The van der Waals surface area contributed by atoms with Gasteiger partial charge >= 0.3 is 0 Å². The summed E-state index contributed by atoms with van der Waals surface area (Å²) >= 11 is 0. The van der Waals surface area contributed by atoms with E-state index in [0.29, 0.717) is 23.0 Å². The molecule has 1 fully saturated rings. The molecule has 1 saturated carbocycles. The Hall–Kier alpha value is -3.02. The average Bonchev–Trinajstić information content (AvgIpc) is 3.49. The summed E-state index contributed by atoms with van der Waals surface area (Å²) in [7, 11) is 1.48. The number of benzene rings is 2. The number of methoxy groups -OCH3 is 1. The SMILES string of the molecule is COc1cc(C(=O)NC(c2ccccc2)C2CC2)ccc1OCC(N)=O. The normalized spacial score (nSPS) is 14.3. The number of nitrogens with two attached hydrogens (primary N) is 1. The molecule has 3 N–H and O–H groups in total. The molecular formula is C20H22N2O4. The Balaban J connectivity index is 1.75. The lowest BCUT2D eigenvalue weighted by Gasteiger charge is -2.19. The number of primary amides is 1. The lowest BCUT2D eigenvalue weighted by Crippen LogP contribution is -2.29. The number of hydrogen-bond donors (Lipinski definition) is 2. The van der Waals surface area contributed by atoms with Crippen molar-refractivity contribution in [1.82, 2.24) is 5.32 Å². The molecular weight excluding hydrogens is 332 g/mol. The van der Waals surface area contributed by atoms with Crippen LogP contribution >= 0.6 is 0 Å². The summed E-state index contributed by atoms with van der Waals surface area (Å²) in [4.78, 5) is 23.6. The average molecular weight is 354 g/mol. The number of amides is 2. The van der Waals surface area contributed by atoms with E-state index in [0.717, 1.165) is 18.4 Å². The van der Waals surface area contributed by atoms with E-state index in [-0.39, 0.29) is 18.6 Å². The Morgan fingerprint density at radius 1 is 1.15 bits per heavy atom. The molecule has 0 aliphatic heterocycles. The molecule has 2 aromatic carbocycles. The van der Waals surface area contributed by atoms with Gasteiger partial charge in [0.05, 0.1) is 13.2 Å². The summed E-state index contributed by atoms with van der Waals surface area (Å²) < 4.78 is 10.6. The molecule has 1 aliphatic carbocycles. The van der Waals surface area contributed by atoms with Crippen LogP contribution in [-0.4, -0.2) is 25.5 Å². The fourth-order valence-electron chi connectivity index (χ4n) is 2.86. The summed E-state index contributed by atoms with van der Waals surface area (Å²) in [5.41, 5.74) is 6.66. The second-order valence-corrected chi connectivity index (χ2v) is 6.32. The summed E-state index contributed by atoms with van der Waals surface area (Å²) in [6.45, 7) is -0.250. The van der Waals surface area contributed by atoms with Crippen molar-refractivity contribution in [3.05, 3.63) is 59.7 Å².